The second-order valence-electron chi connectivity index (χ2n) is 7.09. The molecule has 0 saturated carbocycles. The second-order valence-corrected chi connectivity index (χ2v) is 7.09. The first-order valence-electron chi connectivity index (χ1n) is 9.62. The Hall–Kier alpha value is -3.64. The van der Waals surface area contributed by atoms with Crippen LogP contribution >= 0.6 is 0 Å². The third kappa shape index (κ3) is 3.21. The summed E-state index contributed by atoms with van der Waals surface area (Å²) in [6.07, 6.45) is 2.30. The van der Waals surface area contributed by atoms with Gasteiger partial charge in [-0.25, -0.2) is 0 Å². The van der Waals surface area contributed by atoms with Crippen LogP contribution in [0.4, 0.5) is 0 Å². The zero-order valence-electron chi connectivity index (χ0n) is 15.5. The highest BCUT2D eigenvalue weighted by Crippen LogP contribution is 2.29. The SMILES string of the molecule is C(=C(\c1ccccc1)c1ccc2ccccc2c1)/c1ccc2ccccc2c1. The molecule has 0 aromatic heterocycles. The Balaban J connectivity index is 1.69. The van der Waals surface area contributed by atoms with Crippen molar-refractivity contribution in [2.75, 3.05) is 0 Å². The lowest BCUT2D eigenvalue weighted by atomic mass is 9.93. The molecule has 5 aromatic carbocycles. The van der Waals surface area contributed by atoms with E-state index in [2.05, 4.69) is 121 Å². The molecule has 132 valence electrons. The molecule has 0 atom stereocenters. The fourth-order valence-electron chi connectivity index (χ4n) is 3.77. The van der Waals surface area contributed by atoms with Crippen LogP contribution in [-0.4, -0.2) is 0 Å². The molecule has 0 unspecified atom stereocenters. The minimum atomic E-state index is 1.21. The van der Waals surface area contributed by atoms with Gasteiger partial charge in [-0.15, -0.1) is 0 Å². The van der Waals surface area contributed by atoms with Crippen LogP contribution in [0.5, 0.6) is 0 Å². The van der Waals surface area contributed by atoms with Crippen LogP contribution in [0.3, 0.4) is 0 Å². The monoisotopic (exact) mass is 356 g/mol. The maximum absolute atomic E-state index is 2.30. The third-order valence-corrected chi connectivity index (χ3v) is 5.23. The first-order valence-corrected chi connectivity index (χ1v) is 9.62. The lowest BCUT2D eigenvalue weighted by Crippen LogP contribution is -1.89. The predicted molar refractivity (Wildman–Crippen MR) is 121 cm³/mol. The van der Waals surface area contributed by atoms with Gasteiger partial charge >= 0.3 is 0 Å². The van der Waals surface area contributed by atoms with Crippen LogP contribution in [0.15, 0.2) is 115 Å². The lowest BCUT2D eigenvalue weighted by Gasteiger charge is -2.11. The zero-order valence-corrected chi connectivity index (χ0v) is 15.5. The molecule has 0 heteroatoms. The minimum Gasteiger partial charge on any atom is -0.0622 e. The summed E-state index contributed by atoms with van der Waals surface area (Å²) in [5.41, 5.74) is 4.91. The van der Waals surface area contributed by atoms with E-state index in [0.717, 1.165) is 0 Å². The van der Waals surface area contributed by atoms with Gasteiger partial charge in [0.25, 0.3) is 0 Å². The van der Waals surface area contributed by atoms with Gasteiger partial charge in [0.05, 0.1) is 0 Å². The van der Waals surface area contributed by atoms with Crippen LogP contribution in [0, 0.1) is 0 Å². The Kier molecular flexibility index (Phi) is 4.23. The van der Waals surface area contributed by atoms with E-state index in [1.165, 1.54) is 43.8 Å². The summed E-state index contributed by atoms with van der Waals surface area (Å²) in [4.78, 5) is 0. The predicted octanol–water partition coefficient (Wildman–Crippen LogP) is 7.58. The van der Waals surface area contributed by atoms with Crippen molar-refractivity contribution in [2.24, 2.45) is 0 Å². The van der Waals surface area contributed by atoms with E-state index in [0.29, 0.717) is 0 Å². The zero-order chi connectivity index (χ0) is 18.8. The fraction of sp³-hybridized carbons (Fsp3) is 0. The Bertz CT molecular complexity index is 1290. The van der Waals surface area contributed by atoms with Crippen LogP contribution in [0.25, 0.3) is 33.2 Å². The summed E-state index contributed by atoms with van der Waals surface area (Å²) >= 11 is 0. The fourth-order valence-corrected chi connectivity index (χ4v) is 3.77. The van der Waals surface area contributed by atoms with Gasteiger partial charge in [0.2, 0.25) is 0 Å². The molecule has 0 aliphatic heterocycles. The van der Waals surface area contributed by atoms with Crippen molar-refractivity contribution in [1.29, 1.82) is 0 Å². The van der Waals surface area contributed by atoms with Crippen LogP contribution in [0.1, 0.15) is 16.7 Å². The van der Waals surface area contributed by atoms with E-state index in [-0.39, 0.29) is 0 Å². The summed E-state index contributed by atoms with van der Waals surface area (Å²) < 4.78 is 0. The van der Waals surface area contributed by atoms with Gasteiger partial charge in [-0.05, 0) is 62.0 Å². The Morgan fingerprint density at radius 3 is 1.71 bits per heavy atom. The van der Waals surface area contributed by atoms with Crippen molar-refractivity contribution >= 4 is 33.2 Å². The summed E-state index contributed by atoms with van der Waals surface area (Å²) in [6.45, 7) is 0. The topological polar surface area (TPSA) is 0 Å². The molecule has 0 aliphatic rings. The van der Waals surface area contributed by atoms with Gasteiger partial charge in [0.1, 0.15) is 0 Å². The number of hydrogen-bond donors (Lipinski definition) is 0. The van der Waals surface area contributed by atoms with Crippen LogP contribution in [-0.2, 0) is 0 Å². The number of hydrogen-bond acceptors (Lipinski definition) is 0. The van der Waals surface area contributed by atoms with Gasteiger partial charge in [-0.2, -0.15) is 0 Å². The van der Waals surface area contributed by atoms with E-state index >= 15 is 0 Å². The van der Waals surface area contributed by atoms with E-state index in [1.807, 2.05) is 0 Å². The first-order chi connectivity index (χ1) is 13.9. The maximum atomic E-state index is 2.30. The smallest absolute Gasteiger partial charge is 0.0105 e. The summed E-state index contributed by atoms with van der Waals surface area (Å²) in [6, 6.07) is 41.1. The number of rotatable bonds is 3. The number of benzene rings is 5. The molecule has 0 nitrogen and oxygen atoms in total. The van der Waals surface area contributed by atoms with Crippen LogP contribution < -0.4 is 0 Å². The Morgan fingerprint density at radius 2 is 1.00 bits per heavy atom. The van der Waals surface area contributed by atoms with Crippen molar-refractivity contribution in [2.45, 2.75) is 0 Å². The molecule has 28 heavy (non-hydrogen) atoms. The van der Waals surface area contributed by atoms with Gasteiger partial charge in [0, 0.05) is 0 Å². The molecule has 5 aromatic rings. The molecule has 0 amide bonds. The number of fused-ring (bicyclic) bond motifs is 2. The van der Waals surface area contributed by atoms with Crippen molar-refractivity contribution in [3.63, 3.8) is 0 Å². The molecule has 0 aliphatic carbocycles. The summed E-state index contributed by atoms with van der Waals surface area (Å²) in [7, 11) is 0. The highest BCUT2D eigenvalue weighted by atomic mass is 14.1. The third-order valence-electron chi connectivity index (χ3n) is 5.23. The Morgan fingerprint density at radius 1 is 0.429 bits per heavy atom. The normalized spacial score (nSPS) is 11.8. The minimum absolute atomic E-state index is 1.21. The standard InChI is InChI=1S/C28H20/c1-2-10-24(11-3-1)28(27-17-16-23-9-5-7-13-26(23)20-27)19-21-14-15-22-8-4-6-12-25(22)18-21/h1-20H/b28-19-. The maximum Gasteiger partial charge on any atom is -0.0105 e. The van der Waals surface area contributed by atoms with E-state index < -0.39 is 0 Å². The first kappa shape index (κ1) is 16.5. The molecule has 0 N–H and O–H groups in total. The average molecular weight is 356 g/mol. The van der Waals surface area contributed by atoms with Crippen LogP contribution in [0.2, 0.25) is 0 Å². The molecule has 0 heterocycles. The molecule has 0 fully saturated rings. The van der Waals surface area contributed by atoms with Gasteiger partial charge in [0.15, 0.2) is 0 Å². The molecular formula is C28H20. The van der Waals surface area contributed by atoms with Gasteiger partial charge in [-0.1, -0.05) is 103 Å². The molecule has 0 bridgehead atoms. The summed E-state index contributed by atoms with van der Waals surface area (Å²) in [5.74, 6) is 0. The second kappa shape index (κ2) is 7.17. The molecule has 0 radical (unpaired) electrons. The van der Waals surface area contributed by atoms with E-state index in [1.54, 1.807) is 0 Å². The molecule has 0 spiro atoms. The highest BCUT2D eigenvalue weighted by Gasteiger charge is 2.07. The molecule has 0 saturated heterocycles. The van der Waals surface area contributed by atoms with Gasteiger partial charge in [-0.3, -0.25) is 0 Å². The van der Waals surface area contributed by atoms with Crippen molar-refractivity contribution < 1.29 is 0 Å². The Labute approximate surface area is 165 Å². The van der Waals surface area contributed by atoms with Crippen molar-refractivity contribution in [3.05, 3.63) is 132 Å². The van der Waals surface area contributed by atoms with E-state index in [9.17, 15) is 0 Å². The average Bonchev–Trinajstić information content (AvgIpc) is 2.77. The lowest BCUT2D eigenvalue weighted by molar-refractivity contribution is 1.57. The van der Waals surface area contributed by atoms with Crippen molar-refractivity contribution in [1.82, 2.24) is 0 Å². The van der Waals surface area contributed by atoms with Gasteiger partial charge < -0.3 is 0 Å². The molecule has 5 rings (SSSR count). The van der Waals surface area contributed by atoms with E-state index in [4.69, 9.17) is 0 Å². The van der Waals surface area contributed by atoms with Crippen molar-refractivity contribution in [3.8, 4) is 0 Å². The summed E-state index contributed by atoms with van der Waals surface area (Å²) in [5, 5.41) is 5.07. The highest BCUT2D eigenvalue weighted by molar-refractivity contribution is 5.96. The molecular weight excluding hydrogens is 336 g/mol. The largest absolute Gasteiger partial charge is 0.0622 e. The quantitative estimate of drug-likeness (QED) is 0.292.